The molecule has 0 aromatic heterocycles. The summed E-state index contributed by atoms with van der Waals surface area (Å²) in [5.74, 6) is 0.704. The zero-order valence-electron chi connectivity index (χ0n) is 26.4. The van der Waals surface area contributed by atoms with Crippen LogP contribution in [0.15, 0.2) is 47.2 Å². The molecule has 230 valence electrons. The first-order valence-corrected chi connectivity index (χ1v) is 15.3. The van der Waals surface area contributed by atoms with E-state index in [1.807, 2.05) is 31.2 Å². The van der Waals surface area contributed by atoms with Crippen molar-refractivity contribution in [1.29, 1.82) is 0 Å². The second-order valence-corrected chi connectivity index (χ2v) is 13.4. The van der Waals surface area contributed by atoms with E-state index in [1.165, 1.54) is 5.56 Å². The van der Waals surface area contributed by atoms with Gasteiger partial charge in [0.25, 0.3) is 0 Å². The number of phenolic OH excluding ortho intramolecular Hbond substituents is 1. The fourth-order valence-corrected chi connectivity index (χ4v) is 8.23. The van der Waals surface area contributed by atoms with Gasteiger partial charge in [0.15, 0.2) is 17.2 Å². The van der Waals surface area contributed by atoms with Gasteiger partial charge in [-0.3, -0.25) is 14.4 Å². The third-order valence-corrected chi connectivity index (χ3v) is 10.2. The first kappa shape index (κ1) is 31.3. The van der Waals surface area contributed by atoms with Crippen molar-refractivity contribution in [2.75, 3.05) is 0 Å². The molecule has 7 heteroatoms. The summed E-state index contributed by atoms with van der Waals surface area (Å²) in [7, 11) is 0. The van der Waals surface area contributed by atoms with Crippen LogP contribution < -0.4 is 0 Å². The predicted molar refractivity (Wildman–Crippen MR) is 167 cm³/mol. The van der Waals surface area contributed by atoms with Crippen LogP contribution in [0.3, 0.4) is 0 Å². The summed E-state index contributed by atoms with van der Waals surface area (Å²) in [5.41, 5.74) is -2.11. The van der Waals surface area contributed by atoms with Gasteiger partial charge in [-0.1, -0.05) is 65.5 Å². The molecule has 0 saturated heterocycles. The highest BCUT2D eigenvalue weighted by atomic mass is 16.3. The molecule has 4 atom stereocenters. The summed E-state index contributed by atoms with van der Waals surface area (Å²) < 4.78 is 0. The molecule has 1 unspecified atom stereocenters. The van der Waals surface area contributed by atoms with Crippen LogP contribution in [-0.2, 0) is 33.6 Å². The number of aliphatic hydroxyl groups is 3. The topological polar surface area (TPSA) is 132 Å². The van der Waals surface area contributed by atoms with Gasteiger partial charge in [0.2, 0.25) is 5.78 Å². The molecule has 4 N–H and O–H groups in total. The fourth-order valence-electron chi connectivity index (χ4n) is 8.23. The summed E-state index contributed by atoms with van der Waals surface area (Å²) in [5, 5.41) is 46.9. The highest BCUT2D eigenvalue weighted by Gasteiger charge is 2.72. The number of allylic oxidation sites excluding steroid dienone is 1. The number of hydrogen-bond donors (Lipinski definition) is 4. The van der Waals surface area contributed by atoms with E-state index in [9.17, 15) is 34.8 Å². The van der Waals surface area contributed by atoms with Crippen LogP contribution in [0.4, 0.5) is 0 Å². The van der Waals surface area contributed by atoms with Crippen molar-refractivity contribution in [3.05, 3.63) is 80.6 Å². The van der Waals surface area contributed by atoms with Gasteiger partial charge in [0.05, 0.1) is 11.1 Å². The molecule has 3 aliphatic carbocycles. The number of aromatic hydroxyl groups is 1. The molecule has 3 aliphatic rings. The van der Waals surface area contributed by atoms with Gasteiger partial charge in [-0.05, 0) is 73.4 Å². The van der Waals surface area contributed by atoms with Crippen LogP contribution in [0.25, 0.3) is 5.76 Å². The van der Waals surface area contributed by atoms with Gasteiger partial charge in [0, 0.05) is 27.9 Å². The molecule has 0 radical (unpaired) electrons. The average molecular weight is 597 g/mol. The van der Waals surface area contributed by atoms with E-state index in [-0.39, 0.29) is 41.2 Å². The number of phenols is 1. The number of benzene rings is 2. The minimum Gasteiger partial charge on any atom is -0.508 e. The van der Waals surface area contributed by atoms with Gasteiger partial charge in [-0.15, -0.1) is 0 Å². The Bertz CT molecular complexity index is 1750. The lowest BCUT2D eigenvalue weighted by Gasteiger charge is -2.59. The van der Waals surface area contributed by atoms with E-state index in [4.69, 9.17) is 0 Å². The molecule has 0 spiro atoms. The Morgan fingerprint density at radius 1 is 1.02 bits per heavy atom. The molecule has 1 saturated carbocycles. The van der Waals surface area contributed by atoms with E-state index in [2.05, 4.69) is 18.8 Å². The molecule has 0 amide bonds. The predicted octanol–water partition coefficient (Wildman–Crippen LogP) is 5.71. The summed E-state index contributed by atoms with van der Waals surface area (Å²) in [6.07, 6.45) is 1.77. The molecular weight excluding hydrogens is 556 g/mol. The van der Waals surface area contributed by atoms with Gasteiger partial charge < -0.3 is 20.4 Å². The fraction of sp³-hybridized carbons (Fsp3) is 0.432. The SMILES string of the molecule is CCc1ccc(C#Cc2cc(CC)c3c(c2O)C(O)=C2C(=O)[C@@]4(O)C(O)=C(C(C)=O)C(=O)C(C(C)C)[C@@]4(C)C[C@@]2(C)C3)cc1. The number of carbonyl (C=O) groups excluding carboxylic acids is 3. The number of fused-ring (bicyclic) bond motifs is 3. The van der Waals surface area contributed by atoms with Gasteiger partial charge >= 0.3 is 0 Å². The van der Waals surface area contributed by atoms with Crippen LogP contribution in [0, 0.1) is 34.5 Å². The van der Waals surface area contributed by atoms with Crippen molar-refractivity contribution in [3.63, 3.8) is 0 Å². The maximum absolute atomic E-state index is 14.5. The summed E-state index contributed by atoms with van der Waals surface area (Å²) in [6, 6.07) is 9.59. The second-order valence-electron chi connectivity index (χ2n) is 13.4. The van der Waals surface area contributed by atoms with Crippen LogP contribution in [0.2, 0.25) is 0 Å². The Morgan fingerprint density at radius 3 is 2.20 bits per heavy atom. The van der Waals surface area contributed by atoms with Crippen LogP contribution in [0.5, 0.6) is 5.75 Å². The molecular formula is C37H40O7. The van der Waals surface area contributed by atoms with E-state index >= 15 is 0 Å². The van der Waals surface area contributed by atoms with Crippen LogP contribution in [0.1, 0.15) is 88.3 Å². The smallest absolute Gasteiger partial charge is 0.203 e. The van der Waals surface area contributed by atoms with Crippen molar-refractivity contribution in [1.82, 2.24) is 0 Å². The first-order valence-electron chi connectivity index (χ1n) is 15.3. The van der Waals surface area contributed by atoms with Crippen LogP contribution >= 0.6 is 0 Å². The zero-order chi connectivity index (χ0) is 32.5. The first-order chi connectivity index (χ1) is 20.6. The van der Waals surface area contributed by atoms with Crippen molar-refractivity contribution in [3.8, 4) is 17.6 Å². The minimum absolute atomic E-state index is 0.0597. The summed E-state index contributed by atoms with van der Waals surface area (Å²) >= 11 is 0. The third-order valence-electron chi connectivity index (χ3n) is 10.2. The lowest BCUT2D eigenvalue weighted by Crippen LogP contribution is -2.69. The number of Topliss-reactive ketones (excluding diaryl/α,β-unsaturated/α-hetero) is 3. The van der Waals surface area contributed by atoms with Gasteiger partial charge in [-0.25, -0.2) is 0 Å². The summed E-state index contributed by atoms with van der Waals surface area (Å²) in [4.78, 5) is 40.8. The van der Waals surface area contributed by atoms with Crippen molar-refractivity contribution >= 4 is 23.1 Å². The maximum atomic E-state index is 14.5. The molecule has 2 aromatic rings. The van der Waals surface area contributed by atoms with Gasteiger partial charge in [-0.2, -0.15) is 0 Å². The van der Waals surface area contributed by atoms with Crippen molar-refractivity contribution < 1.29 is 34.8 Å². The molecule has 0 bridgehead atoms. The Labute approximate surface area is 258 Å². The summed E-state index contributed by atoms with van der Waals surface area (Å²) in [6.45, 7) is 12.1. The molecule has 0 heterocycles. The molecule has 2 aromatic carbocycles. The number of aryl methyl sites for hydroxylation is 2. The molecule has 44 heavy (non-hydrogen) atoms. The Hall–Kier alpha value is -4.15. The number of ketones is 3. The number of aliphatic hydroxyl groups excluding tert-OH is 2. The Balaban J connectivity index is 1.75. The average Bonchev–Trinajstić information content (AvgIpc) is 2.94. The van der Waals surface area contributed by atoms with Crippen molar-refractivity contribution in [2.45, 2.75) is 79.8 Å². The Kier molecular flexibility index (Phi) is 7.46. The third kappa shape index (κ3) is 4.18. The normalized spacial score (nSPS) is 27.9. The highest BCUT2D eigenvalue weighted by Crippen LogP contribution is 2.65. The number of hydrogen-bond acceptors (Lipinski definition) is 7. The standard InChI is InChI=1S/C37H40O7/c1-8-21-10-12-22(13-11-21)14-15-24-16-23(9-2)25-17-35(6)18-36(7)28(19(3)4)31(40)26(20(5)38)33(42)37(36,44)34(43)29(35)32(41)27(25)30(24)39/h10-13,16,19,28,39,41-42,44H,8-9,17-18H2,1-7H3/t28?,35-,36-,37+/m1/s1. The molecule has 5 rings (SSSR count). The largest absolute Gasteiger partial charge is 0.508 e. The zero-order valence-corrected chi connectivity index (χ0v) is 26.4. The number of carbonyl (C=O) groups is 3. The monoisotopic (exact) mass is 596 g/mol. The lowest BCUT2D eigenvalue weighted by atomic mass is 9.43. The molecule has 0 aliphatic heterocycles. The maximum Gasteiger partial charge on any atom is 0.203 e. The Morgan fingerprint density at radius 2 is 1.66 bits per heavy atom. The van der Waals surface area contributed by atoms with E-state index in [0.29, 0.717) is 12.0 Å². The minimum atomic E-state index is -2.64. The highest BCUT2D eigenvalue weighted by molar-refractivity contribution is 6.24. The second kappa shape index (κ2) is 10.5. The molecule has 1 fully saturated rings. The van der Waals surface area contributed by atoms with Crippen molar-refractivity contribution in [2.24, 2.45) is 22.7 Å². The lowest BCUT2D eigenvalue weighted by molar-refractivity contribution is -0.178. The van der Waals surface area contributed by atoms with E-state index < -0.39 is 56.8 Å². The quantitative estimate of drug-likeness (QED) is 0.262. The van der Waals surface area contributed by atoms with E-state index in [0.717, 1.165) is 24.5 Å². The molecule has 7 nitrogen and oxygen atoms in total. The van der Waals surface area contributed by atoms with Crippen LogP contribution in [-0.4, -0.2) is 43.4 Å². The number of rotatable bonds is 4. The van der Waals surface area contributed by atoms with Gasteiger partial charge in [0.1, 0.15) is 22.8 Å². The van der Waals surface area contributed by atoms with E-state index in [1.54, 1.807) is 33.8 Å².